The second kappa shape index (κ2) is 8.71. The van der Waals surface area contributed by atoms with E-state index in [-0.39, 0.29) is 5.56 Å². The van der Waals surface area contributed by atoms with Crippen molar-refractivity contribution in [3.8, 4) is 16.3 Å². The monoisotopic (exact) mass is 515 g/mol. The predicted octanol–water partition coefficient (Wildman–Crippen LogP) is 6.13. The van der Waals surface area contributed by atoms with E-state index in [4.69, 9.17) is 10.1 Å². The predicted molar refractivity (Wildman–Crippen MR) is 149 cm³/mol. The molecule has 2 unspecified atom stereocenters. The quantitative estimate of drug-likeness (QED) is 0.295. The molecule has 0 saturated heterocycles. The van der Waals surface area contributed by atoms with Crippen molar-refractivity contribution in [3.05, 3.63) is 85.7 Å². The third-order valence-corrected chi connectivity index (χ3v) is 9.73. The molecule has 2 atom stereocenters. The number of para-hydroxylation sites is 1. The number of allylic oxidation sites excluding steroid dienone is 2. The van der Waals surface area contributed by atoms with E-state index in [1.54, 1.807) is 16.0 Å². The van der Waals surface area contributed by atoms with Crippen molar-refractivity contribution in [3.63, 3.8) is 0 Å². The molecule has 0 N–H and O–H groups in total. The molecule has 2 bridgehead atoms. The van der Waals surface area contributed by atoms with Crippen LogP contribution in [0, 0.1) is 24.2 Å². The average Bonchev–Trinajstić information content (AvgIpc) is 3.60. The van der Waals surface area contributed by atoms with E-state index in [1.165, 1.54) is 23.3 Å². The number of rotatable bonds is 5. The van der Waals surface area contributed by atoms with Gasteiger partial charge in [0.2, 0.25) is 4.80 Å². The fourth-order valence-corrected chi connectivity index (χ4v) is 7.17. The van der Waals surface area contributed by atoms with Crippen molar-refractivity contribution in [1.82, 2.24) is 14.0 Å². The highest BCUT2D eigenvalue weighted by Gasteiger charge is 2.50. The van der Waals surface area contributed by atoms with Crippen LogP contribution < -0.4 is 10.4 Å². The number of thiazole rings is 1. The van der Waals surface area contributed by atoms with Gasteiger partial charge >= 0.3 is 0 Å². The summed E-state index contributed by atoms with van der Waals surface area (Å²) in [5.74, 6) is 1.34. The van der Waals surface area contributed by atoms with Crippen LogP contribution in [0.4, 0.5) is 5.69 Å². The summed E-state index contributed by atoms with van der Waals surface area (Å²) in [5.41, 5.74) is 4.56. The molecule has 0 aliphatic heterocycles. The molecule has 6 nitrogen and oxygen atoms in total. The summed E-state index contributed by atoms with van der Waals surface area (Å²) in [6.45, 7) is 6.68. The Balaban J connectivity index is 1.48. The molecule has 3 aliphatic carbocycles. The van der Waals surface area contributed by atoms with E-state index in [0.29, 0.717) is 21.8 Å². The van der Waals surface area contributed by atoms with Crippen LogP contribution in [-0.4, -0.2) is 20.3 Å². The lowest BCUT2D eigenvalue weighted by atomic mass is 9.49. The molecule has 184 valence electrons. The van der Waals surface area contributed by atoms with Gasteiger partial charge in [-0.3, -0.25) is 9.48 Å². The van der Waals surface area contributed by atoms with Gasteiger partial charge in [-0.15, -0.1) is 22.7 Å². The topological polar surface area (TPSA) is 56.6 Å². The Hall–Kier alpha value is -3.23. The zero-order valence-corrected chi connectivity index (χ0v) is 22.5. The molecule has 1 fully saturated rings. The van der Waals surface area contributed by atoms with E-state index in [1.807, 2.05) is 65.9 Å². The van der Waals surface area contributed by atoms with Crippen molar-refractivity contribution in [1.29, 1.82) is 0 Å². The van der Waals surface area contributed by atoms with Gasteiger partial charge in [0.25, 0.3) is 5.56 Å². The zero-order valence-electron chi connectivity index (χ0n) is 20.9. The second-order valence-corrected chi connectivity index (χ2v) is 12.0. The SMILES string of the molecule is Cc1c(N=c2scc(-c3cccs3)n2N=CC2=CCC3CC2C3(C)C)c(=O)n(-c2ccccc2)n1C. The van der Waals surface area contributed by atoms with Gasteiger partial charge < -0.3 is 0 Å². The minimum Gasteiger partial charge on any atom is -0.283 e. The number of nitrogens with zero attached hydrogens (tertiary/aromatic N) is 5. The molecule has 3 aromatic heterocycles. The molecule has 0 spiro atoms. The first-order chi connectivity index (χ1) is 17.4. The summed E-state index contributed by atoms with van der Waals surface area (Å²) in [6, 6.07) is 13.8. The van der Waals surface area contributed by atoms with E-state index in [2.05, 4.69) is 36.7 Å². The normalized spacial score (nSPS) is 21.1. The fraction of sp³-hybridized carbons (Fsp3) is 0.321. The van der Waals surface area contributed by atoms with E-state index >= 15 is 0 Å². The van der Waals surface area contributed by atoms with Gasteiger partial charge in [0.05, 0.1) is 28.2 Å². The highest BCUT2D eigenvalue weighted by atomic mass is 32.1. The number of fused-ring (bicyclic) bond motifs is 1. The van der Waals surface area contributed by atoms with Crippen LogP contribution in [0.1, 0.15) is 32.4 Å². The summed E-state index contributed by atoms with van der Waals surface area (Å²) in [6.07, 6.45) is 6.74. The molecule has 8 heteroatoms. The molecule has 36 heavy (non-hydrogen) atoms. The number of benzene rings is 1. The summed E-state index contributed by atoms with van der Waals surface area (Å²) in [4.78, 5) is 20.2. The standard InChI is InChI=1S/C28H29N5OS2/c1-18-25(26(34)33(31(18)4)21-9-6-5-7-10-21)30-27-32(23(17-36-27)24-11-8-14-35-24)29-16-19-12-13-20-15-22(19)28(20,2)3/h5-12,14,16-17,20,22H,13,15H2,1-4H3. The van der Waals surface area contributed by atoms with E-state index in [9.17, 15) is 4.79 Å². The molecule has 1 aromatic carbocycles. The first-order valence-electron chi connectivity index (χ1n) is 12.2. The van der Waals surface area contributed by atoms with Crippen LogP contribution in [0.5, 0.6) is 0 Å². The maximum absolute atomic E-state index is 13.5. The Morgan fingerprint density at radius 2 is 1.92 bits per heavy atom. The zero-order chi connectivity index (χ0) is 25.0. The number of hydrogen-bond donors (Lipinski definition) is 0. The number of aromatic nitrogens is 3. The van der Waals surface area contributed by atoms with Gasteiger partial charge in [-0.25, -0.2) is 14.4 Å². The smallest absolute Gasteiger partial charge is 0.283 e. The molecular weight excluding hydrogens is 486 g/mol. The van der Waals surface area contributed by atoms with Crippen LogP contribution in [0.2, 0.25) is 0 Å². The summed E-state index contributed by atoms with van der Waals surface area (Å²) in [5, 5.41) is 9.11. The molecule has 4 aromatic rings. The van der Waals surface area contributed by atoms with Gasteiger partial charge in [0, 0.05) is 12.4 Å². The van der Waals surface area contributed by atoms with Gasteiger partial charge in [0.15, 0.2) is 5.69 Å². The van der Waals surface area contributed by atoms with Crippen LogP contribution in [0.3, 0.4) is 0 Å². The largest absolute Gasteiger partial charge is 0.297 e. The van der Waals surface area contributed by atoms with Crippen LogP contribution in [0.15, 0.2) is 79.8 Å². The fourth-order valence-electron chi connectivity index (χ4n) is 5.53. The van der Waals surface area contributed by atoms with Gasteiger partial charge in [-0.2, -0.15) is 5.10 Å². The van der Waals surface area contributed by atoms with Gasteiger partial charge in [-0.05, 0) is 66.2 Å². The Labute approximate surface area is 218 Å². The minimum absolute atomic E-state index is 0.139. The number of thiophene rings is 1. The Kier molecular flexibility index (Phi) is 5.61. The summed E-state index contributed by atoms with van der Waals surface area (Å²) >= 11 is 3.18. The molecule has 3 heterocycles. The lowest BCUT2D eigenvalue weighted by Crippen LogP contribution is -2.48. The molecule has 1 saturated carbocycles. The highest BCUT2D eigenvalue weighted by molar-refractivity contribution is 7.14. The third-order valence-electron chi connectivity index (χ3n) is 8.02. The Morgan fingerprint density at radius 1 is 1.11 bits per heavy atom. The van der Waals surface area contributed by atoms with Crippen molar-refractivity contribution >= 4 is 34.6 Å². The van der Waals surface area contributed by atoms with Gasteiger partial charge in [-0.1, -0.05) is 44.2 Å². The second-order valence-electron chi connectivity index (χ2n) is 10.2. The van der Waals surface area contributed by atoms with Crippen molar-refractivity contribution in [2.75, 3.05) is 0 Å². The van der Waals surface area contributed by atoms with Crippen molar-refractivity contribution in [2.45, 2.75) is 33.6 Å². The highest BCUT2D eigenvalue weighted by Crippen LogP contribution is 2.58. The van der Waals surface area contributed by atoms with Crippen molar-refractivity contribution < 1.29 is 0 Å². The van der Waals surface area contributed by atoms with E-state index in [0.717, 1.165) is 34.3 Å². The lowest BCUT2D eigenvalue weighted by Gasteiger charge is -2.55. The first-order valence-corrected chi connectivity index (χ1v) is 14.0. The van der Waals surface area contributed by atoms with E-state index < -0.39 is 0 Å². The first kappa shape index (κ1) is 23.2. The summed E-state index contributed by atoms with van der Waals surface area (Å²) in [7, 11) is 1.89. The average molecular weight is 516 g/mol. The maximum Gasteiger partial charge on any atom is 0.297 e. The molecular formula is C28H29N5OS2. The van der Waals surface area contributed by atoms with Crippen LogP contribution in [-0.2, 0) is 7.05 Å². The van der Waals surface area contributed by atoms with Crippen LogP contribution in [0.25, 0.3) is 16.3 Å². The summed E-state index contributed by atoms with van der Waals surface area (Å²) < 4.78 is 5.42. The number of hydrogen-bond acceptors (Lipinski definition) is 5. The van der Waals surface area contributed by atoms with Crippen molar-refractivity contribution in [2.24, 2.45) is 34.4 Å². The molecule has 0 amide bonds. The maximum atomic E-state index is 13.5. The Bertz CT molecular complexity index is 1610. The van der Waals surface area contributed by atoms with Gasteiger partial charge in [0.1, 0.15) is 0 Å². The molecule has 0 radical (unpaired) electrons. The molecule has 3 aliphatic rings. The molecule has 7 rings (SSSR count). The minimum atomic E-state index is -0.139. The Morgan fingerprint density at radius 3 is 2.61 bits per heavy atom. The lowest BCUT2D eigenvalue weighted by molar-refractivity contribution is -0.00126. The van der Waals surface area contributed by atoms with Crippen LogP contribution >= 0.6 is 22.7 Å². The third kappa shape index (κ3) is 3.62.